The average molecular weight is 428 g/mol. The molecule has 0 saturated carbocycles. The number of hydrogen-bond donors (Lipinski definition) is 1. The largest absolute Gasteiger partial charge is 0.496 e. The molecule has 32 heavy (non-hydrogen) atoms. The quantitative estimate of drug-likeness (QED) is 0.244. The molecule has 0 radical (unpaired) electrons. The Hall–Kier alpha value is -3.53. The normalized spacial score (nSPS) is 11.8. The van der Waals surface area contributed by atoms with Gasteiger partial charge in [0.15, 0.2) is 0 Å². The van der Waals surface area contributed by atoms with E-state index < -0.39 is 0 Å². The number of fused-ring (bicyclic) bond motifs is 2. The van der Waals surface area contributed by atoms with Crippen molar-refractivity contribution in [1.29, 1.82) is 0 Å². The maximum Gasteiger partial charge on any atom is 0.244 e. The van der Waals surface area contributed by atoms with Crippen molar-refractivity contribution in [3.63, 3.8) is 0 Å². The van der Waals surface area contributed by atoms with E-state index in [-0.39, 0.29) is 5.91 Å². The number of hydrogen-bond acceptors (Lipinski definition) is 3. The van der Waals surface area contributed by atoms with E-state index in [0.29, 0.717) is 12.3 Å². The first-order valence-corrected chi connectivity index (χ1v) is 11.2. The third-order valence-corrected chi connectivity index (χ3v) is 5.83. The molecule has 0 aliphatic carbocycles. The number of unbranched alkanes of at least 4 members (excludes halogenated alkanes) is 2. The highest BCUT2D eigenvalue weighted by atomic mass is 16.5. The van der Waals surface area contributed by atoms with Gasteiger partial charge in [0.2, 0.25) is 5.91 Å². The molecule has 0 bridgehead atoms. The molecule has 1 heterocycles. The summed E-state index contributed by atoms with van der Waals surface area (Å²) in [7, 11) is 1.64. The number of furan rings is 1. The van der Waals surface area contributed by atoms with Crippen LogP contribution in [-0.2, 0) is 4.79 Å². The summed E-state index contributed by atoms with van der Waals surface area (Å²) in [5.74, 6) is 0.603. The molecule has 1 amide bonds. The van der Waals surface area contributed by atoms with E-state index >= 15 is 0 Å². The Kier molecular flexibility index (Phi) is 6.60. The monoisotopic (exact) mass is 427 g/mol. The SMILES string of the molecule is CCCCCNC(=O)/C=C(\C)c1cc2c(-c3cccc4ccccc34)coc2cc1OC. The number of ether oxygens (including phenoxy) is 1. The lowest BCUT2D eigenvalue weighted by atomic mass is 9.96. The molecule has 0 spiro atoms. The predicted molar refractivity (Wildman–Crippen MR) is 132 cm³/mol. The van der Waals surface area contributed by atoms with Crippen LogP contribution in [0.1, 0.15) is 38.7 Å². The lowest BCUT2D eigenvalue weighted by Crippen LogP contribution is -2.22. The second kappa shape index (κ2) is 9.73. The molecule has 0 unspecified atom stereocenters. The van der Waals surface area contributed by atoms with E-state index in [0.717, 1.165) is 52.5 Å². The summed E-state index contributed by atoms with van der Waals surface area (Å²) in [4.78, 5) is 12.4. The molecule has 1 aromatic heterocycles. The summed E-state index contributed by atoms with van der Waals surface area (Å²) < 4.78 is 11.5. The van der Waals surface area contributed by atoms with E-state index in [9.17, 15) is 4.79 Å². The number of allylic oxidation sites excluding steroid dienone is 1. The van der Waals surface area contributed by atoms with Crippen LogP contribution in [0.4, 0.5) is 0 Å². The second-order valence-corrected chi connectivity index (χ2v) is 8.05. The summed E-state index contributed by atoms with van der Waals surface area (Å²) in [6.45, 7) is 4.78. The van der Waals surface area contributed by atoms with Gasteiger partial charge in [-0.15, -0.1) is 0 Å². The minimum atomic E-state index is -0.0813. The van der Waals surface area contributed by atoms with Gasteiger partial charge in [-0.25, -0.2) is 0 Å². The van der Waals surface area contributed by atoms with Gasteiger partial charge in [-0.1, -0.05) is 62.2 Å². The van der Waals surface area contributed by atoms with Gasteiger partial charge >= 0.3 is 0 Å². The van der Waals surface area contributed by atoms with Crippen molar-refractivity contribution in [1.82, 2.24) is 5.32 Å². The fourth-order valence-electron chi connectivity index (χ4n) is 4.11. The van der Waals surface area contributed by atoms with Gasteiger partial charge in [0.1, 0.15) is 11.3 Å². The molecule has 4 rings (SSSR count). The highest BCUT2D eigenvalue weighted by Crippen LogP contribution is 2.39. The number of carbonyl (C=O) groups is 1. The zero-order chi connectivity index (χ0) is 22.5. The Labute approximate surface area is 188 Å². The van der Waals surface area contributed by atoms with E-state index in [2.05, 4.69) is 54.7 Å². The summed E-state index contributed by atoms with van der Waals surface area (Å²) in [6, 6.07) is 18.6. The Morgan fingerprint density at radius 3 is 2.66 bits per heavy atom. The van der Waals surface area contributed by atoms with Crippen molar-refractivity contribution in [2.45, 2.75) is 33.1 Å². The molecular weight excluding hydrogens is 398 g/mol. The second-order valence-electron chi connectivity index (χ2n) is 8.05. The van der Waals surface area contributed by atoms with Gasteiger partial charge in [0, 0.05) is 35.2 Å². The Morgan fingerprint density at radius 2 is 1.84 bits per heavy atom. The van der Waals surface area contributed by atoms with Gasteiger partial charge in [-0.3, -0.25) is 4.79 Å². The van der Waals surface area contributed by atoms with Gasteiger partial charge in [-0.05, 0) is 41.3 Å². The van der Waals surface area contributed by atoms with Crippen molar-refractivity contribution in [3.8, 4) is 16.9 Å². The predicted octanol–water partition coefficient (Wildman–Crippen LogP) is 6.97. The first kappa shape index (κ1) is 21.7. The van der Waals surface area contributed by atoms with Crippen molar-refractivity contribution < 1.29 is 13.9 Å². The molecule has 0 fully saturated rings. The molecule has 3 aromatic carbocycles. The van der Waals surface area contributed by atoms with Crippen LogP contribution in [0.15, 0.2) is 71.4 Å². The molecule has 4 heteroatoms. The van der Waals surface area contributed by atoms with Crippen LogP contribution in [-0.4, -0.2) is 19.6 Å². The van der Waals surface area contributed by atoms with Crippen LogP contribution in [0.25, 0.3) is 38.4 Å². The van der Waals surface area contributed by atoms with Gasteiger partial charge in [0.25, 0.3) is 0 Å². The minimum absolute atomic E-state index is 0.0813. The number of rotatable bonds is 8. The average Bonchev–Trinajstić information content (AvgIpc) is 3.23. The third-order valence-electron chi connectivity index (χ3n) is 5.83. The van der Waals surface area contributed by atoms with Crippen molar-refractivity contribution >= 4 is 33.2 Å². The number of carbonyl (C=O) groups excluding carboxylic acids is 1. The zero-order valence-electron chi connectivity index (χ0n) is 18.9. The molecule has 164 valence electrons. The highest BCUT2D eigenvalue weighted by Gasteiger charge is 2.16. The third kappa shape index (κ3) is 4.40. The summed E-state index contributed by atoms with van der Waals surface area (Å²) in [5, 5.41) is 6.32. The van der Waals surface area contributed by atoms with E-state index in [1.165, 1.54) is 10.8 Å². The fraction of sp³-hybridized carbons (Fsp3) is 0.250. The van der Waals surface area contributed by atoms with Gasteiger partial charge in [-0.2, -0.15) is 0 Å². The Morgan fingerprint density at radius 1 is 1.03 bits per heavy atom. The number of methoxy groups -OCH3 is 1. The number of amides is 1. The summed E-state index contributed by atoms with van der Waals surface area (Å²) in [6.07, 6.45) is 6.69. The van der Waals surface area contributed by atoms with Crippen LogP contribution < -0.4 is 10.1 Å². The fourth-order valence-corrected chi connectivity index (χ4v) is 4.11. The first-order chi connectivity index (χ1) is 15.6. The van der Waals surface area contributed by atoms with Crippen LogP contribution in [0.3, 0.4) is 0 Å². The summed E-state index contributed by atoms with van der Waals surface area (Å²) in [5.41, 5.74) is 4.63. The molecule has 0 aliphatic heterocycles. The van der Waals surface area contributed by atoms with Gasteiger partial charge < -0.3 is 14.5 Å². The number of benzene rings is 3. The van der Waals surface area contributed by atoms with Crippen molar-refractivity contribution in [3.05, 3.63) is 72.5 Å². The molecule has 0 aliphatic rings. The van der Waals surface area contributed by atoms with E-state index in [1.54, 1.807) is 19.4 Å². The molecule has 0 atom stereocenters. The van der Waals surface area contributed by atoms with Crippen LogP contribution in [0.5, 0.6) is 5.75 Å². The first-order valence-electron chi connectivity index (χ1n) is 11.2. The van der Waals surface area contributed by atoms with Crippen molar-refractivity contribution in [2.24, 2.45) is 0 Å². The standard InChI is InChI=1S/C28H29NO3/c1-4-5-8-14-29-28(30)15-19(2)23-16-24-25(18-32-27(24)17-26(23)31-3)22-13-9-11-20-10-6-7-12-21(20)22/h6-7,9-13,15-18H,4-5,8,14H2,1-3H3,(H,29,30)/b19-15+. The van der Waals surface area contributed by atoms with Crippen molar-refractivity contribution in [2.75, 3.05) is 13.7 Å². The molecule has 4 aromatic rings. The molecule has 4 nitrogen and oxygen atoms in total. The van der Waals surface area contributed by atoms with E-state index in [4.69, 9.17) is 9.15 Å². The van der Waals surface area contributed by atoms with Crippen LogP contribution in [0, 0.1) is 0 Å². The highest BCUT2D eigenvalue weighted by molar-refractivity contribution is 6.06. The zero-order valence-corrected chi connectivity index (χ0v) is 18.9. The lowest BCUT2D eigenvalue weighted by Gasteiger charge is -2.11. The Bertz CT molecular complexity index is 1280. The van der Waals surface area contributed by atoms with Gasteiger partial charge in [0.05, 0.1) is 13.4 Å². The van der Waals surface area contributed by atoms with Crippen LogP contribution >= 0.6 is 0 Å². The molecule has 1 N–H and O–H groups in total. The molecular formula is C28H29NO3. The smallest absolute Gasteiger partial charge is 0.244 e. The number of nitrogens with one attached hydrogen (secondary N) is 1. The van der Waals surface area contributed by atoms with Crippen LogP contribution in [0.2, 0.25) is 0 Å². The van der Waals surface area contributed by atoms with E-state index in [1.807, 2.05) is 19.1 Å². The topological polar surface area (TPSA) is 51.5 Å². The lowest BCUT2D eigenvalue weighted by molar-refractivity contribution is -0.116. The Balaban J connectivity index is 1.74. The maximum atomic E-state index is 12.4. The maximum absolute atomic E-state index is 12.4. The minimum Gasteiger partial charge on any atom is -0.496 e. The molecule has 0 saturated heterocycles. The summed E-state index contributed by atoms with van der Waals surface area (Å²) >= 11 is 0.